The number of fused-ring (bicyclic) bond motifs is 1. The van der Waals surface area contributed by atoms with E-state index in [1.807, 2.05) is 54.6 Å². The van der Waals surface area contributed by atoms with Gasteiger partial charge in [-0.2, -0.15) is 0 Å². The summed E-state index contributed by atoms with van der Waals surface area (Å²) in [6.45, 7) is 2.07. The van der Waals surface area contributed by atoms with Gasteiger partial charge in [0.2, 0.25) is 0 Å². The molecule has 4 nitrogen and oxygen atoms in total. The summed E-state index contributed by atoms with van der Waals surface area (Å²) in [6, 6.07) is 22.9. The summed E-state index contributed by atoms with van der Waals surface area (Å²) < 4.78 is 5.78. The first-order valence-electron chi connectivity index (χ1n) is 8.75. The van der Waals surface area contributed by atoms with Gasteiger partial charge in [-0.1, -0.05) is 37.3 Å². The standard InChI is InChI=1S/C22H18N2O2S/c1-2-15-14-17(27-22-24-19-10-6-7-11-20(19)26-22)12-13-18(15)23-21(25)16-8-4-3-5-9-16/h3-14H,2H2,1H3,(H,23,25). The average Bonchev–Trinajstić information content (AvgIpc) is 3.12. The van der Waals surface area contributed by atoms with Crippen LogP contribution in [-0.4, -0.2) is 10.9 Å². The zero-order valence-corrected chi connectivity index (χ0v) is 15.6. The third-order valence-electron chi connectivity index (χ3n) is 4.22. The quantitative estimate of drug-likeness (QED) is 0.480. The summed E-state index contributed by atoms with van der Waals surface area (Å²) in [5.41, 5.74) is 4.17. The first kappa shape index (κ1) is 17.4. The van der Waals surface area contributed by atoms with Crippen LogP contribution in [0.4, 0.5) is 5.69 Å². The van der Waals surface area contributed by atoms with E-state index in [4.69, 9.17) is 4.42 Å². The van der Waals surface area contributed by atoms with E-state index in [1.54, 1.807) is 12.1 Å². The number of nitrogens with one attached hydrogen (secondary N) is 1. The summed E-state index contributed by atoms with van der Waals surface area (Å²) >= 11 is 1.48. The second kappa shape index (κ2) is 7.68. The van der Waals surface area contributed by atoms with Crippen molar-refractivity contribution in [1.29, 1.82) is 0 Å². The Bertz CT molecular complexity index is 1060. The largest absolute Gasteiger partial charge is 0.431 e. The molecule has 1 amide bonds. The Kier molecular flexibility index (Phi) is 4.94. The molecule has 134 valence electrons. The molecule has 0 fully saturated rings. The van der Waals surface area contributed by atoms with Gasteiger partial charge in [0.25, 0.3) is 11.1 Å². The molecule has 3 aromatic carbocycles. The number of para-hydroxylation sites is 2. The van der Waals surface area contributed by atoms with E-state index in [1.165, 1.54) is 11.8 Å². The van der Waals surface area contributed by atoms with Gasteiger partial charge in [-0.25, -0.2) is 4.98 Å². The molecule has 0 aliphatic rings. The SMILES string of the molecule is CCc1cc(Sc2nc3ccccc3o2)ccc1NC(=O)c1ccccc1. The predicted molar refractivity (Wildman–Crippen MR) is 108 cm³/mol. The number of carbonyl (C=O) groups is 1. The number of hydrogen-bond acceptors (Lipinski definition) is 4. The fourth-order valence-electron chi connectivity index (χ4n) is 2.83. The number of nitrogens with zero attached hydrogens (tertiary/aromatic N) is 1. The summed E-state index contributed by atoms with van der Waals surface area (Å²) in [6.07, 6.45) is 0.812. The van der Waals surface area contributed by atoms with E-state index in [0.29, 0.717) is 10.8 Å². The van der Waals surface area contributed by atoms with E-state index in [0.717, 1.165) is 33.7 Å². The maximum absolute atomic E-state index is 12.4. The van der Waals surface area contributed by atoms with Gasteiger partial charge in [-0.3, -0.25) is 4.79 Å². The molecule has 0 aliphatic carbocycles. The van der Waals surface area contributed by atoms with Crippen molar-refractivity contribution in [2.75, 3.05) is 5.32 Å². The minimum atomic E-state index is -0.107. The number of aryl methyl sites for hydroxylation is 1. The lowest BCUT2D eigenvalue weighted by atomic mass is 10.1. The molecule has 5 heteroatoms. The van der Waals surface area contributed by atoms with Crippen molar-refractivity contribution in [3.8, 4) is 0 Å². The van der Waals surface area contributed by atoms with E-state index >= 15 is 0 Å². The normalized spacial score (nSPS) is 10.9. The van der Waals surface area contributed by atoms with E-state index in [2.05, 4.69) is 23.3 Å². The van der Waals surface area contributed by atoms with E-state index < -0.39 is 0 Å². The van der Waals surface area contributed by atoms with Crippen LogP contribution in [0, 0.1) is 0 Å². The number of benzene rings is 3. The molecule has 0 aliphatic heterocycles. The highest BCUT2D eigenvalue weighted by atomic mass is 32.2. The van der Waals surface area contributed by atoms with Crippen LogP contribution in [0.5, 0.6) is 0 Å². The molecule has 27 heavy (non-hydrogen) atoms. The van der Waals surface area contributed by atoms with Crippen molar-refractivity contribution in [1.82, 2.24) is 4.98 Å². The first-order chi connectivity index (χ1) is 13.2. The molecule has 4 aromatic rings. The number of hydrogen-bond donors (Lipinski definition) is 1. The third-order valence-corrected chi connectivity index (χ3v) is 5.06. The Hall–Kier alpha value is -3.05. The van der Waals surface area contributed by atoms with Gasteiger partial charge in [0.15, 0.2) is 5.58 Å². The van der Waals surface area contributed by atoms with E-state index in [9.17, 15) is 4.79 Å². The zero-order valence-electron chi connectivity index (χ0n) is 14.8. The maximum Gasteiger partial charge on any atom is 0.261 e. The topological polar surface area (TPSA) is 55.1 Å². The van der Waals surface area contributed by atoms with Crippen LogP contribution in [-0.2, 0) is 6.42 Å². The van der Waals surface area contributed by atoms with Crippen molar-refractivity contribution in [2.24, 2.45) is 0 Å². The second-order valence-electron chi connectivity index (χ2n) is 6.04. The summed E-state index contributed by atoms with van der Waals surface area (Å²) in [7, 11) is 0. The van der Waals surface area contributed by atoms with Gasteiger partial charge in [0, 0.05) is 16.1 Å². The molecule has 0 unspecified atom stereocenters. The summed E-state index contributed by atoms with van der Waals surface area (Å²) in [4.78, 5) is 17.9. The van der Waals surface area contributed by atoms with Crippen LogP contribution in [0.2, 0.25) is 0 Å². The fourth-order valence-corrected chi connectivity index (χ4v) is 3.64. The first-order valence-corrected chi connectivity index (χ1v) is 9.57. The minimum Gasteiger partial charge on any atom is -0.431 e. The molecule has 0 saturated carbocycles. The molecule has 0 bridgehead atoms. The monoisotopic (exact) mass is 374 g/mol. The fraction of sp³-hybridized carbons (Fsp3) is 0.0909. The molecule has 0 atom stereocenters. The highest BCUT2D eigenvalue weighted by Crippen LogP contribution is 2.32. The van der Waals surface area contributed by atoms with Crippen molar-refractivity contribution in [2.45, 2.75) is 23.5 Å². The van der Waals surface area contributed by atoms with Gasteiger partial charge in [0.1, 0.15) is 5.52 Å². The van der Waals surface area contributed by atoms with E-state index in [-0.39, 0.29) is 5.91 Å². The average molecular weight is 374 g/mol. The van der Waals surface area contributed by atoms with Crippen LogP contribution in [0.1, 0.15) is 22.8 Å². The smallest absolute Gasteiger partial charge is 0.261 e. The molecule has 1 N–H and O–H groups in total. The Morgan fingerprint density at radius 1 is 1.04 bits per heavy atom. The predicted octanol–water partition coefficient (Wildman–Crippen LogP) is 5.79. The Morgan fingerprint density at radius 2 is 1.81 bits per heavy atom. The van der Waals surface area contributed by atoms with Gasteiger partial charge >= 0.3 is 0 Å². The molecule has 4 rings (SSSR count). The van der Waals surface area contributed by atoms with Crippen LogP contribution < -0.4 is 5.32 Å². The Labute approximate surface area is 161 Å². The lowest BCUT2D eigenvalue weighted by molar-refractivity contribution is 0.102. The van der Waals surface area contributed by atoms with Crippen LogP contribution in [0.3, 0.4) is 0 Å². The van der Waals surface area contributed by atoms with Crippen molar-refractivity contribution in [3.63, 3.8) is 0 Å². The van der Waals surface area contributed by atoms with Gasteiger partial charge in [-0.05, 0) is 66.2 Å². The van der Waals surface area contributed by atoms with Gasteiger partial charge < -0.3 is 9.73 Å². The van der Waals surface area contributed by atoms with Crippen molar-refractivity contribution in [3.05, 3.63) is 83.9 Å². The van der Waals surface area contributed by atoms with Crippen LogP contribution >= 0.6 is 11.8 Å². The van der Waals surface area contributed by atoms with Crippen molar-refractivity contribution < 1.29 is 9.21 Å². The minimum absolute atomic E-state index is 0.107. The molecule has 0 spiro atoms. The van der Waals surface area contributed by atoms with Crippen molar-refractivity contribution >= 4 is 34.5 Å². The molecule has 0 saturated heterocycles. The lowest BCUT2D eigenvalue weighted by Gasteiger charge is -2.11. The molecular formula is C22H18N2O2S. The zero-order chi connectivity index (χ0) is 18.6. The molecular weight excluding hydrogens is 356 g/mol. The van der Waals surface area contributed by atoms with Gasteiger partial charge in [-0.15, -0.1) is 0 Å². The highest BCUT2D eigenvalue weighted by Gasteiger charge is 2.11. The summed E-state index contributed by atoms with van der Waals surface area (Å²) in [5, 5.41) is 3.61. The molecule has 1 aromatic heterocycles. The highest BCUT2D eigenvalue weighted by molar-refractivity contribution is 7.99. The lowest BCUT2D eigenvalue weighted by Crippen LogP contribution is -2.13. The Balaban J connectivity index is 1.55. The second-order valence-corrected chi connectivity index (χ2v) is 7.07. The number of amides is 1. The number of aromatic nitrogens is 1. The van der Waals surface area contributed by atoms with Gasteiger partial charge in [0.05, 0.1) is 0 Å². The molecule has 1 heterocycles. The number of rotatable bonds is 5. The van der Waals surface area contributed by atoms with Crippen LogP contribution in [0.25, 0.3) is 11.1 Å². The summed E-state index contributed by atoms with van der Waals surface area (Å²) in [5.74, 6) is -0.107. The maximum atomic E-state index is 12.4. The molecule has 0 radical (unpaired) electrons. The Morgan fingerprint density at radius 3 is 2.59 bits per heavy atom. The number of anilines is 1. The third kappa shape index (κ3) is 3.88. The number of oxazole rings is 1. The number of carbonyl (C=O) groups excluding carboxylic acids is 1. The van der Waals surface area contributed by atoms with Crippen LogP contribution in [0.15, 0.2) is 87.3 Å².